The largest absolute Gasteiger partial charge is 0.411 e. The van der Waals surface area contributed by atoms with Gasteiger partial charge in [0.05, 0.1) is 6.20 Å². The Kier molecular flexibility index (Phi) is 2.06. The molecule has 0 amide bonds. The van der Waals surface area contributed by atoms with Crippen molar-refractivity contribution in [2.75, 3.05) is 5.73 Å². The molecule has 2 N–H and O–H groups in total. The molecule has 0 saturated heterocycles. The van der Waals surface area contributed by atoms with Crippen molar-refractivity contribution in [3.63, 3.8) is 0 Å². The van der Waals surface area contributed by atoms with Gasteiger partial charge in [0, 0.05) is 6.07 Å². The van der Waals surface area contributed by atoms with E-state index < -0.39 is 0 Å². The number of ether oxygens (including phenoxy) is 1. The molecular weight excluding hydrogens is 187 g/mol. The molecule has 0 atom stereocenters. The molecular formula is C9H7FN2O2. The summed E-state index contributed by atoms with van der Waals surface area (Å²) >= 11 is 0. The van der Waals surface area contributed by atoms with E-state index in [1.54, 1.807) is 6.07 Å². The van der Waals surface area contributed by atoms with Crippen LogP contribution in [0, 0.1) is 5.82 Å². The standard InChI is InChI=1S/C9H7FN2O2/c10-6-2-1-3-7(4-6)13-9-12-5-8(11)14-9/h1-5H,11H2. The van der Waals surface area contributed by atoms with Crippen LogP contribution in [-0.2, 0) is 0 Å². The Morgan fingerprint density at radius 1 is 1.43 bits per heavy atom. The van der Waals surface area contributed by atoms with Gasteiger partial charge in [-0.3, -0.25) is 0 Å². The number of halogens is 1. The number of benzene rings is 1. The molecule has 0 aliphatic carbocycles. The van der Waals surface area contributed by atoms with Crippen LogP contribution in [0.5, 0.6) is 11.8 Å². The average Bonchev–Trinajstić information content (AvgIpc) is 2.51. The van der Waals surface area contributed by atoms with Crippen molar-refractivity contribution in [2.45, 2.75) is 0 Å². The van der Waals surface area contributed by atoms with Gasteiger partial charge in [-0.25, -0.2) is 4.39 Å². The Morgan fingerprint density at radius 3 is 2.93 bits per heavy atom. The number of oxazole rings is 1. The number of aromatic nitrogens is 1. The third-order valence-electron chi connectivity index (χ3n) is 1.50. The van der Waals surface area contributed by atoms with Gasteiger partial charge >= 0.3 is 6.08 Å². The van der Waals surface area contributed by atoms with Crippen molar-refractivity contribution >= 4 is 5.88 Å². The Bertz CT molecular complexity index is 442. The van der Waals surface area contributed by atoms with E-state index in [4.69, 9.17) is 14.9 Å². The van der Waals surface area contributed by atoms with Gasteiger partial charge in [0.2, 0.25) is 5.88 Å². The number of rotatable bonds is 2. The minimum absolute atomic E-state index is 0.00639. The predicted molar refractivity (Wildman–Crippen MR) is 47.4 cm³/mol. The third kappa shape index (κ3) is 1.82. The molecule has 0 aliphatic rings. The summed E-state index contributed by atoms with van der Waals surface area (Å²) in [6.45, 7) is 0. The van der Waals surface area contributed by atoms with E-state index in [2.05, 4.69) is 4.98 Å². The maximum atomic E-state index is 12.7. The second-order valence-electron chi connectivity index (χ2n) is 2.59. The first-order valence-corrected chi connectivity index (χ1v) is 3.89. The van der Waals surface area contributed by atoms with E-state index in [-0.39, 0.29) is 17.8 Å². The van der Waals surface area contributed by atoms with Crippen LogP contribution in [0.1, 0.15) is 0 Å². The van der Waals surface area contributed by atoms with E-state index in [1.165, 1.54) is 24.4 Å². The number of hydrogen-bond donors (Lipinski definition) is 1. The summed E-state index contributed by atoms with van der Waals surface area (Å²) in [5.74, 6) is 0.0743. The van der Waals surface area contributed by atoms with Gasteiger partial charge in [-0.2, -0.15) is 4.98 Å². The SMILES string of the molecule is Nc1cnc(Oc2cccc(F)c2)o1. The van der Waals surface area contributed by atoms with Gasteiger partial charge in [0.15, 0.2) is 0 Å². The van der Waals surface area contributed by atoms with Crippen molar-refractivity contribution in [1.29, 1.82) is 0 Å². The van der Waals surface area contributed by atoms with E-state index in [0.29, 0.717) is 5.75 Å². The first kappa shape index (κ1) is 8.55. The molecule has 2 rings (SSSR count). The molecule has 0 unspecified atom stereocenters. The van der Waals surface area contributed by atoms with Gasteiger partial charge in [-0.15, -0.1) is 0 Å². The lowest BCUT2D eigenvalue weighted by molar-refractivity contribution is 0.335. The molecule has 0 radical (unpaired) electrons. The lowest BCUT2D eigenvalue weighted by Crippen LogP contribution is -1.84. The van der Waals surface area contributed by atoms with Crippen molar-refractivity contribution in [3.05, 3.63) is 36.3 Å². The summed E-state index contributed by atoms with van der Waals surface area (Å²) in [5.41, 5.74) is 5.28. The lowest BCUT2D eigenvalue weighted by Gasteiger charge is -1.99. The summed E-state index contributed by atoms with van der Waals surface area (Å²) in [6, 6.07) is 5.65. The summed E-state index contributed by atoms with van der Waals surface area (Å²) in [7, 11) is 0. The molecule has 0 spiro atoms. The van der Waals surface area contributed by atoms with Gasteiger partial charge in [-0.05, 0) is 12.1 Å². The van der Waals surface area contributed by atoms with E-state index in [0.717, 1.165) is 0 Å². The molecule has 14 heavy (non-hydrogen) atoms. The Morgan fingerprint density at radius 2 is 2.29 bits per heavy atom. The molecule has 72 valence electrons. The number of nitrogens with two attached hydrogens (primary N) is 1. The van der Waals surface area contributed by atoms with E-state index >= 15 is 0 Å². The van der Waals surface area contributed by atoms with Crippen molar-refractivity contribution in [3.8, 4) is 11.8 Å². The maximum absolute atomic E-state index is 12.7. The quantitative estimate of drug-likeness (QED) is 0.795. The van der Waals surface area contributed by atoms with Crippen LogP contribution < -0.4 is 10.5 Å². The molecule has 2 aromatic rings. The molecule has 0 bridgehead atoms. The second-order valence-corrected chi connectivity index (χ2v) is 2.59. The molecule has 0 fully saturated rings. The predicted octanol–water partition coefficient (Wildman–Crippen LogP) is 2.19. The van der Waals surface area contributed by atoms with Gasteiger partial charge < -0.3 is 14.9 Å². The molecule has 1 aromatic carbocycles. The van der Waals surface area contributed by atoms with Crippen LogP contribution in [0.15, 0.2) is 34.9 Å². The highest BCUT2D eigenvalue weighted by Crippen LogP contribution is 2.21. The fraction of sp³-hybridized carbons (Fsp3) is 0. The van der Waals surface area contributed by atoms with Gasteiger partial charge in [0.25, 0.3) is 0 Å². The minimum atomic E-state index is -0.387. The highest BCUT2D eigenvalue weighted by Gasteiger charge is 2.03. The van der Waals surface area contributed by atoms with Crippen LogP contribution in [0.4, 0.5) is 10.3 Å². The minimum Gasteiger partial charge on any atom is -0.411 e. The van der Waals surface area contributed by atoms with Crippen molar-refractivity contribution in [1.82, 2.24) is 4.98 Å². The van der Waals surface area contributed by atoms with Crippen molar-refractivity contribution < 1.29 is 13.5 Å². The summed E-state index contributed by atoms with van der Waals surface area (Å²) < 4.78 is 22.7. The van der Waals surface area contributed by atoms with Crippen molar-refractivity contribution in [2.24, 2.45) is 0 Å². The zero-order valence-electron chi connectivity index (χ0n) is 7.11. The number of nitrogen functional groups attached to an aromatic ring is 1. The van der Waals surface area contributed by atoms with Gasteiger partial charge in [0.1, 0.15) is 11.6 Å². The number of hydrogen-bond acceptors (Lipinski definition) is 4. The third-order valence-corrected chi connectivity index (χ3v) is 1.50. The Labute approximate surface area is 79.1 Å². The van der Waals surface area contributed by atoms with Gasteiger partial charge in [-0.1, -0.05) is 6.07 Å². The molecule has 1 heterocycles. The zero-order chi connectivity index (χ0) is 9.97. The fourth-order valence-corrected chi connectivity index (χ4v) is 0.948. The van der Waals surface area contributed by atoms with Crippen LogP contribution in [0.2, 0.25) is 0 Å². The fourth-order valence-electron chi connectivity index (χ4n) is 0.948. The molecule has 0 saturated carbocycles. The monoisotopic (exact) mass is 194 g/mol. The Hall–Kier alpha value is -2.04. The normalized spacial score (nSPS) is 10.1. The highest BCUT2D eigenvalue weighted by molar-refractivity contribution is 5.26. The molecule has 0 aliphatic heterocycles. The van der Waals surface area contributed by atoms with Crippen LogP contribution in [-0.4, -0.2) is 4.98 Å². The average molecular weight is 194 g/mol. The molecule has 5 heteroatoms. The summed E-state index contributed by atoms with van der Waals surface area (Å²) in [4.78, 5) is 3.70. The maximum Gasteiger partial charge on any atom is 0.400 e. The number of anilines is 1. The summed E-state index contributed by atoms with van der Waals surface area (Å²) in [6.07, 6.45) is 1.31. The highest BCUT2D eigenvalue weighted by atomic mass is 19.1. The zero-order valence-corrected chi connectivity index (χ0v) is 7.11. The smallest absolute Gasteiger partial charge is 0.400 e. The number of nitrogens with zero attached hydrogens (tertiary/aromatic N) is 1. The first-order valence-electron chi connectivity index (χ1n) is 3.89. The lowest BCUT2D eigenvalue weighted by atomic mass is 10.3. The van der Waals surface area contributed by atoms with E-state index in [9.17, 15) is 4.39 Å². The van der Waals surface area contributed by atoms with E-state index in [1.807, 2.05) is 0 Å². The van der Waals surface area contributed by atoms with Crippen LogP contribution in [0.3, 0.4) is 0 Å². The van der Waals surface area contributed by atoms with Crippen LogP contribution >= 0.6 is 0 Å². The molecule has 4 nitrogen and oxygen atoms in total. The van der Waals surface area contributed by atoms with Crippen LogP contribution in [0.25, 0.3) is 0 Å². The summed E-state index contributed by atoms with van der Waals surface area (Å²) in [5, 5.41) is 0. The first-order chi connectivity index (χ1) is 6.74. The Balaban J connectivity index is 2.18. The molecule has 1 aromatic heterocycles. The second kappa shape index (κ2) is 3.37. The topological polar surface area (TPSA) is 61.3 Å².